The average Bonchev–Trinajstić information content (AvgIpc) is 1.55. The maximum atomic E-state index is 9.64. The first-order valence-electron chi connectivity index (χ1n) is 42.8. The predicted octanol–water partition coefficient (Wildman–Crippen LogP) is 24.6. The second-order valence-corrected chi connectivity index (χ2v) is 47.6. The van der Waals surface area contributed by atoms with E-state index in [4.69, 9.17) is 0 Å². The molecule has 15 aromatic carbocycles. The average molecular weight is 1660 g/mol. The first-order valence-corrected chi connectivity index (χ1v) is 51.8. The Labute approximate surface area is 734 Å². The van der Waals surface area contributed by atoms with Crippen molar-refractivity contribution in [1.82, 2.24) is 28.7 Å². The second-order valence-electron chi connectivity index (χ2n) is 34.7. The van der Waals surface area contributed by atoms with E-state index in [2.05, 4.69) is 408 Å². The third-order valence-corrected chi connectivity index (χ3v) is 37.3. The summed E-state index contributed by atoms with van der Waals surface area (Å²) < 4.78 is 7.30. The van der Waals surface area contributed by atoms with E-state index < -0.39 is 24.2 Å². The monoisotopic (exact) mass is 1660 g/mol. The summed E-state index contributed by atoms with van der Waals surface area (Å²) in [6.45, 7) is 15.0. The molecular formula is C114H81N9Si3. The van der Waals surface area contributed by atoms with Gasteiger partial charge >= 0.3 is 0 Å². The van der Waals surface area contributed by atoms with Crippen LogP contribution >= 0.6 is 0 Å². The molecule has 24 rings (SSSR count). The van der Waals surface area contributed by atoms with Gasteiger partial charge in [-0.2, -0.15) is 15.8 Å². The highest BCUT2D eigenvalue weighted by Crippen LogP contribution is 2.45. The van der Waals surface area contributed by atoms with Crippen LogP contribution in [0.15, 0.2) is 383 Å². The fourth-order valence-corrected chi connectivity index (χ4v) is 31.4. The molecule has 594 valence electrons. The summed E-state index contributed by atoms with van der Waals surface area (Å²) >= 11 is 0. The number of fused-ring (bicyclic) bond motifs is 21. The summed E-state index contributed by atoms with van der Waals surface area (Å²) in [7, 11) is -5.70. The van der Waals surface area contributed by atoms with Gasteiger partial charge in [-0.25, -0.2) is 4.98 Å². The smallest absolute Gasteiger partial charge is 0.141 e. The van der Waals surface area contributed by atoms with Crippen LogP contribution in [0.2, 0.25) is 39.3 Å². The van der Waals surface area contributed by atoms with Crippen LogP contribution in [0.4, 0.5) is 0 Å². The molecule has 0 aliphatic carbocycles. The number of para-hydroxylation sites is 3. The minimum absolute atomic E-state index is 0.423. The zero-order valence-corrected chi connectivity index (χ0v) is 73.4. The van der Waals surface area contributed by atoms with Crippen molar-refractivity contribution < 1.29 is 0 Å². The predicted molar refractivity (Wildman–Crippen MR) is 529 cm³/mol. The van der Waals surface area contributed by atoms with Gasteiger partial charge in [0.15, 0.2) is 0 Å². The van der Waals surface area contributed by atoms with Gasteiger partial charge in [0.05, 0.1) is 50.3 Å². The normalized spacial score (nSPS) is 13.2. The van der Waals surface area contributed by atoms with Crippen LogP contribution in [0.5, 0.6) is 0 Å². The lowest BCUT2D eigenvalue weighted by Crippen LogP contribution is -2.49. The van der Waals surface area contributed by atoms with Crippen LogP contribution in [0.1, 0.15) is 16.8 Å². The second kappa shape index (κ2) is 30.1. The topological polar surface area (TPSA) is 125 Å². The Balaban J connectivity index is 0.000000112. The van der Waals surface area contributed by atoms with E-state index in [1.54, 1.807) is 52.6 Å². The zero-order valence-electron chi connectivity index (χ0n) is 70.4. The lowest BCUT2D eigenvalue weighted by atomic mass is 9.97. The molecular weight excluding hydrogens is 1580 g/mol. The summed E-state index contributed by atoms with van der Waals surface area (Å²) in [6, 6.07) is 134. The number of benzene rings is 15. The van der Waals surface area contributed by atoms with Gasteiger partial charge in [-0.3, -0.25) is 9.97 Å². The molecule has 3 aliphatic heterocycles. The third kappa shape index (κ3) is 12.2. The highest BCUT2D eigenvalue weighted by atomic mass is 28.3. The van der Waals surface area contributed by atoms with Gasteiger partial charge in [0.25, 0.3) is 0 Å². The van der Waals surface area contributed by atoms with E-state index in [0.717, 1.165) is 83.8 Å². The minimum Gasteiger partial charge on any atom is -0.309 e. The summed E-state index contributed by atoms with van der Waals surface area (Å²) in [6.07, 6.45) is 8.50. The summed E-state index contributed by atoms with van der Waals surface area (Å²) in [4.78, 5) is 12.5. The lowest BCUT2D eigenvalue weighted by Gasteiger charge is -2.20. The molecule has 6 aromatic heterocycles. The van der Waals surface area contributed by atoms with E-state index in [1.165, 1.54) is 114 Å². The van der Waals surface area contributed by atoms with Crippen molar-refractivity contribution in [3.05, 3.63) is 400 Å². The SMILES string of the molecule is C[Si]1(C)c2ccccc2-c2ccc3c(c21)c1ccccc1n3-c1cccc(-c2cccc(-c3ccnc(C#N)c3)c2)c1.C[Si]1(C)c2ccccc2-c2ccc3c(c21)c1ccccc1n3-c1cccc(-c2cccc(-c3ccncc3C#N)c2)c1.C[Si]1(C)c2ccccc2-c2ccc3c(c21)c1ccccc1n3-c1cccc(-c2cccc(-c3cnccc3C#N)c2)c1. The van der Waals surface area contributed by atoms with Crippen LogP contribution in [0.25, 0.3) is 183 Å². The molecule has 0 atom stereocenters. The van der Waals surface area contributed by atoms with Gasteiger partial charge in [0.1, 0.15) is 42.1 Å². The molecule has 0 spiro atoms. The summed E-state index contributed by atoms with van der Waals surface area (Å²) in [5.74, 6) is 0. The van der Waals surface area contributed by atoms with Gasteiger partial charge in [-0.05, 0) is 235 Å². The van der Waals surface area contributed by atoms with Gasteiger partial charge in [0.2, 0.25) is 0 Å². The highest BCUT2D eigenvalue weighted by molar-refractivity contribution is 7.06. The zero-order chi connectivity index (χ0) is 85.3. The largest absolute Gasteiger partial charge is 0.309 e. The van der Waals surface area contributed by atoms with Crippen molar-refractivity contribution in [2.45, 2.75) is 39.3 Å². The number of pyridine rings is 3. The number of nitriles is 3. The summed E-state index contributed by atoms with van der Waals surface area (Å²) in [5, 5.41) is 46.0. The van der Waals surface area contributed by atoms with Crippen LogP contribution < -0.4 is 31.1 Å². The molecule has 12 heteroatoms. The molecule has 0 bridgehead atoms. The van der Waals surface area contributed by atoms with Crippen molar-refractivity contribution in [1.29, 1.82) is 15.8 Å². The maximum Gasteiger partial charge on any atom is 0.141 e. The Hall–Kier alpha value is -15.7. The van der Waals surface area contributed by atoms with Gasteiger partial charge < -0.3 is 13.7 Å². The molecule has 0 fully saturated rings. The Morgan fingerprint density at radius 3 is 0.976 bits per heavy atom. The number of nitrogens with zero attached hydrogens (tertiary/aromatic N) is 9. The Kier molecular flexibility index (Phi) is 18.3. The molecule has 126 heavy (non-hydrogen) atoms. The minimum atomic E-state index is -1.90. The quantitative estimate of drug-likeness (QED) is 0.133. The van der Waals surface area contributed by atoms with Crippen molar-refractivity contribution in [2.75, 3.05) is 0 Å². The molecule has 0 unspecified atom stereocenters. The Morgan fingerprint density at radius 2 is 0.571 bits per heavy atom. The molecule has 0 amide bonds. The molecule has 0 N–H and O–H groups in total. The fraction of sp³-hybridized carbons (Fsp3) is 0.0526. The number of rotatable bonds is 9. The molecule has 0 saturated carbocycles. The van der Waals surface area contributed by atoms with Crippen LogP contribution in [-0.4, -0.2) is 52.9 Å². The standard InChI is InChI=1S/3C38H27N3Si/c1-42(2)36-16-6-4-13-31(36)32-17-18-35-37(38(32)42)33-14-3-5-15-34(33)41(35)29-12-8-10-26(22-29)25-9-7-11-27(21-25)30-19-20-40-24-28(30)23-39;1-42(2)36-16-6-4-13-30(36)31-17-18-35-37(38(31)42)32-14-3-5-15-34(32)41(35)29-12-8-10-26(22-29)25-9-7-11-27(21-25)33-24-40-20-19-28(33)23-39;1-42(2)36-16-6-4-13-31(36)32-17-18-35-37(38(32)42)33-14-3-5-15-34(33)41(35)30-12-8-11-27(23-30)25-9-7-10-26(21-25)28-19-20-40-29(22-28)24-39/h2*3-22,24H,1-2H3;3-23H,1-2H3. The lowest BCUT2D eigenvalue weighted by molar-refractivity contribution is 1.18. The van der Waals surface area contributed by atoms with E-state index in [-0.39, 0.29) is 0 Å². The number of hydrogen-bond donors (Lipinski definition) is 0. The molecule has 21 aromatic rings. The van der Waals surface area contributed by atoms with Gasteiger partial charge in [-0.15, -0.1) is 0 Å². The van der Waals surface area contributed by atoms with Crippen molar-refractivity contribution >= 4 is 121 Å². The Morgan fingerprint density at radius 1 is 0.238 bits per heavy atom. The van der Waals surface area contributed by atoms with Crippen LogP contribution in [0, 0.1) is 34.0 Å². The first kappa shape index (κ1) is 76.4. The molecule has 3 aliphatic rings. The van der Waals surface area contributed by atoms with Crippen LogP contribution in [-0.2, 0) is 0 Å². The summed E-state index contributed by atoms with van der Waals surface area (Å²) in [5.41, 5.74) is 33.5. The Bertz CT molecular complexity index is 7960. The molecule has 0 saturated heterocycles. The van der Waals surface area contributed by atoms with Crippen LogP contribution in [0.3, 0.4) is 0 Å². The molecule has 9 heterocycles. The molecule has 9 nitrogen and oxygen atoms in total. The van der Waals surface area contributed by atoms with Crippen molar-refractivity contribution in [3.63, 3.8) is 0 Å². The number of aromatic nitrogens is 6. The third-order valence-electron chi connectivity index (χ3n) is 26.7. The first-order chi connectivity index (χ1) is 61.7. The van der Waals surface area contributed by atoms with E-state index in [0.29, 0.717) is 16.8 Å². The highest BCUT2D eigenvalue weighted by Gasteiger charge is 2.43. The maximum absolute atomic E-state index is 9.64. The van der Waals surface area contributed by atoms with Gasteiger partial charge in [0, 0.05) is 91.5 Å². The van der Waals surface area contributed by atoms with E-state index in [9.17, 15) is 15.8 Å². The van der Waals surface area contributed by atoms with Gasteiger partial charge in [-0.1, -0.05) is 276 Å². The van der Waals surface area contributed by atoms with E-state index in [1.807, 2.05) is 24.3 Å². The van der Waals surface area contributed by atoms with E-state index >= 15 is 0 Å². The van der Waals surface area contributed by atoms with Crippen molar-refractivity contribution in [2.24, 2.45) is 0 Å². The fourth-order valence-electron chi connectivity index (χ4n) is 21.0. The number of hydrogen-bond acceptors (Lipinski definition) is 6. The molecule has 0 radical (unpaired) electrons. The van der Waals surface area contributed by atoms with Crippen molar-refractivity contribution in [3.8, 4) is 135 Å².